The zero-order valence-corrected chi connectivity index (χ0v) is 12.1. The van der Waals surface area contributed by atoms with Gasteiger partial charge in [0.15, 0.2) is 0 Å². The van der Waals surface area contributed by atoms with Crippen molar-refractivity contribution in [2.75, 3.05) is 6.54 Å². The second-order valence-corrected chi connectivity index (χ2v) is 5.03. The molecule has 0 unspecified atom stereocenters. The Morgan fingerprint density at radius 1 is 1.20 bits per heavy atom. The van der Waals surface area contributed by atoms with Crippen LogP contribution >= 0.6 is 0 Å². The molecule has 0 radical (unpaired) electrons. The van der Waals surface area contributed by atoms with Crippen molar-refractivity contribution in [3.05, 3.63) is 30.5 Å². The van der Waals surface area contributed by atoms with Gasteiger partial charge in [-0.1, -0.05) is 5.21 Å². The van der Waals surface area contributed by atoms with E-state index in [0.717, 1.165) is 36.4 Å². The van der Waals surface area contributed by atoms with E-state index in [-0.39, 0.29) is 6.10 Å². The SMILES string of the molecule is CC(C)Oc1ccc(-c2cnnn2CCCCN)cc1. The van der Waals surface area contributed by atoms with Crippen LogP contribution in [0.5, 0.6) is 5.75 Å². The maximum atomic E-state index is 5.64. The van der Waals surface area contributed by atoms with Gasteiger partial charge in [0, 0.05) is 12.1 Å². The van der Waals surface area contributed by atoms with Gasteiger partial charge in [-0.2, -0.15) is 0 Å². The van der Waals surface area contributed by atoms with E-state index in [1.807, 2.05) is 42.8 Å². The number of benzene rings is 1. The average Bonchev–Trinajstić information content (AvgIpc) is 2.88. The summed E-state index contributed by atoms with van der Waals surface area (Å²) in [5, 5.41) is 8.13. The van der Waals surface area contributed by atoms with Crippen molar-refractivity contribution in [1.82, 2.24) is 15.0 Å². The lowest BCUT2D eigenvalue weighted by atomic mass is 10.1. The summed E-state index contributed by atoms with van der Waals surface area (Å²) in [5.74, 6) is 0.880. The molecule has 0 aliphatic heterocycles. The predicted octanol–water partition coefficient (Wildman–Crippen LogP) is 2.47. The van der Waals surface area contributed by atoms with Crippen LogP contribution in [0.4, 0.5) is 0 Å². The van der Waals surface area contributed by atoms with Gasteiger partial charge in [0.05, 0.1) is 18.0 Å². The first-order valence-corrected chi connectivity index (χ1v) is 7.06. The molecule has 0 bridgehead atoms. The Labute approximate surface area is 119 Å². The van der Waals surface area contributed by atoms with Gasteiger partial charge in [-0.3, -0.25) is 0 Å². The Morgan fingerprint density at radius 2 is 1.95 bits per heavy atom. The molecule has 5 nitrogen and oxygen atoms in total. The third kappa shape index (κ3) is 3.81. The molecule has 0 saturated heterocycles. The number of aromatic nitrogens is 3. The molecule has 0 aliphatic rings. The number of nitrogens with two attached hydrogens (primary N) is 1. The third-order valence-corrected chi connectivity index (χ3v) is 2.96. The van der Waals surface area contributed by atoms with Crippen LogP contribution in [0, 0.1) is 0 Å². The molecule has 2 aromatic rings. The summed E-state index contributed by atoms with van der Waals surface area (Å²) in [6.07, 6.45) is 3.99. The number of nitrogens with zero attached hydrogens (tertiary/aromatic N) is 3. The molecule has 0 amide bonds. The van der Waals surface area contributed by atoms with E-state index < -0.39 is 0 Å². The average molecular weight is 274 g/mol. The Morgan fingerprint density at radius 3 is 2.60 bits per heavy atom. The van der Waals surface area contributed by atoms with Crippen molar-refractivity contribution in [3.63, 3.8) is 0 Å². The lowest BCUT2D eigenvalue weighted by molar-refractivity contribution is 0.242. The first-order valence-electron chi connectivity index (χ1n) is 7.06. The standard InChI is InChI=1S/C15H22N4O/c1-12(2)20-14-7-5-13(6-8-14)15-11-17-18-19(15)10-4-3-9-16/h5-8,11-12H,3-4,9-10,16H2,1-2H3. The highest BCUT2D eigenvalue weighted by Crippen LogP contribution is 2.22. The maximum absolute atomic E-state index is 5.64. The van der Waals surface area contributed by atoms with E-state index >= 15 is 0 Å². The summed E-state index contributed by atoms with van der Waals surface area (Å²) >= 11 is 0. The fourth-order valence-corrected chi connectivity index (χ4v) is 2.03. The number of ether oxygens (including phenoxy) is 1. The number of hydrogen-bond acceptors (Lipinski definition) is 4. The van der Waals surface area contributed by atoms with Crippen molar-refractivity contribution < 1.29 is 4.74 Å². The van der Waals surface area contributed by atoms with E-state index in [0.29, 0.717) is 6.54 Å². The van der Waals surface area contributed by atoms with Crippen molar-refractivity contribution >= 4 is 0 Å². The second-order valence-electron chi connectivity index (χ2n) is 5.03. The van der Waals surface area contributed by atoms with Gasteiger partial charge in [-0.25, -0.2) is 4.68 Å². The zero-order valence-electron chi connectivity index (χ0n) is 12.1. The molecular formula is C15H22N4O. The van der Waals surface area contributed by atoms with Crippen molar-refractivity contribution in [1.29, 1.82) is 0 Å². The van der Waals surface area contributed by atoms with Gasteiger partial charge >= 0.3 is 0 Å². The maximum Gasteiger partial charge on any atom is 0.119 e. The van der Waals surface area contributed by atoms with Gasteiger partial charge in [0.1, 0.15) is 5.75 Å². The van der Waals surface area contributed by atoms with E-state index in [9.17, 15) is 0 Å². The van der Waals surface area contributed by atoms with Crippen LogP contribution in [0.3, 0.4) is 0 Å². The predicted molar refractivity (Wildman–Crippen MR) is 79.5 cm³/mol. The lowest BCUT2D eigenvalue weighted by Crippen LogP contribution is -2.06. The molecule has 0 saturated carbocycles. The number of hydrogen-bond donors (Lipinski definition) is 1. The fourth-order valence-electron chi connectivity index (χ4n) is 2.03. The molecule has 2 rings (SSSR count). The summed E-state index contributed by atoms with van der Waals surface area (Å²) in [6, 6.07) is 8.03. The summed E-state index contributed by atoms with van der Waals surface area (Å²) in [7, 11) is 0. The van der Waals surface area contributed by atoms with Gasteiger partial charge < -0.3 is 10.5 Å². The molecule has 5 heteroatoms. The molecule has 0 spiro atoms. The van der Waals surface area contributed by atoms with Crippen LogP contribution in [0.25, 0.3) is 11.3 Å². The molecule has 1 aromatic carbocycles. The fraction of sp³-hybridized carbons (Fsp3) is 0.467. The highest BCUT2D eigenvalue weighted by Gasteiger charge is 2.07. The van der Waals surface area contributed by atoms with Crippen molar-refractivity contribution in [3.8, 4) is 17.0 Å². The monoisotopic (exact) mass is 274 g/mol. The molecule has 0 atom stereocenters. The Hall–Kier alpha value is -1.88. The number of aryl methyl sites for hydroxylation is 1. The Bertz CT molecular complexity index is 519. The Balaban J connectivity index is 2.09. The molecular weight excluding hydrogens is 252 g/mol. The van der Waals surface area contributed by atoms with Crippen molar-refractivity contribution in [2.24, 2.45) is 5.73 Å². The molecule has 1 aromatic heterocycles. The van der Waals surface area contributed by atoms with E-state index in [4.69, 9.17) is 10.5 Å². The molecule has 2 N–H and O–H groups in total. The van der Waals surface area contributed by atoms with Gasteiger partial charge in [0.2, 0.25) is 0 Å². The van der Waals surface area contributed by atoms with Crippen LogP contribution in [-0.4, -0.2) is 27.6 Å². The summed E-state index contributed by atoms with van der Waals surface area (Å²) < 4.78 is 7.57. The highest BCUT2D eigenvalue weighted by molar-refractivity contribution is 5.59. The first-order chi connectivity index (χ1) is 9.70. The van der Waals surface area contributed by atoms with Crippen LogP contribution in [0.1, 0.15) is 26.7 Å². The summed E-state index contributed by atoms with van der Waals surface area (Å²) in [5.41, 5.74) is 7.64. The lowest BCUT2D eigenvalue weighted by Gasteiger charge is -2.10. The van der Waals surface area contributed by atoms with Gasteiger partial charge in [0.25, 0.3) is 0 Å². The molecule has 0 aliphatic carbocycles. The molecule has 0 fully saturated rings. The van der Waals surface area contributed by atoms with E-state index in [1.54, 1.807) is 6.20 Å². The smallest absolute Gasteiger partial charge is 0.119 e. The van der Waals surface area contributed by atoms with Crippen LogP contribution < -0.4 is 10.5 Å². The van der Waals surface area contributed by atoms with Gasteiger partial charge in [-0.05, 0) is 57.5 Å². The zero-order chi connectivity index (χ0) is 14.4. The molecule has 108 valence electrons. The van der Waals surface area contributed by atoms with Crippen LogP contribution in [0.15, 0.2) is 30.5 Å². The minimum absolute atomic E-state index is 0.185. The normalized spacial score (nSPS) is 11.0. The molecule has 1 heterocycles. The largest absolute Gasteiger partial charge is 0.491 e. The van der Waals surface area contributed by atoms with Crippen molar-refractivity contribution in [2.45, 2.75) is 39.3 Å². The first kappa shape index (κ1) is 14.5. The van der Waals surface area contributed by atoms with Crippen LogP contribution in [-0.2, 0) is 6.54 Å². The van der Waals surface area contributed by atoms with Crippen LogP contribution in [0.2, 0.25) is 0 Å². The van der Waals surface area contributed by atoms with E-state index in [1.165, 1.54) is 0 Å². The highest BCUT2D eigenvalue weighted by atomic mass is 16.5. The summed E-state index contributed by atoms with van der Waals surface area (Å²) in [6.45, 7) is 5.59. The minimum atomic E-state index is 0.185. The van der Waals surface area contributed by atoms with Gasteiger partial charge in [-0.15, -0.1) is 5.10 Å². The van der Waals surface area contributed by atoms with E-state index in [2.05, 4.69) is 10.3 Å². The topological polar surface area (TPSA) is 66.0 Å². The number of unbranched alkanes of at least 4 members (excludes halogenated alkanes) is 1. The number of rotatable bonds is 7. The quantitative estimate of drug-likeness (QED) is 0.788. The summed E-state index contributed by atoms with van der Waals surface area (Å²) in [4.78, 5) is 0. The second kappa shape index (κ2) is 7.05. The minimum Gasteiger partial charge on any atom is -0.491 e. The Kier molecular flexibility index (Phi) is 5.12. The molecule has 20 heavy (non-hydrogen) atoms. The third-order valence-electron chi connectivity index (χ3n) is 2.96.